The minimum absolute atomic E-state index is 0.0632. The standard InChI is InChI=1S/C24H31N9O3S2/c1-17-13-32(11-12-36-17)24-28-22(21-23(29-24)33(15-25-21)20-14-37-16-26-20)27-18-5-7-19(8-6-18)38(34,35)31(4)10-9-30(2)3/h5-8,14-17H,9-13H2,1-4H3,(H,27,28,29). The summed E-state index contributed by atoms with van der Waals surface area (Å²) in [5.41, 5.74) is 3.66. The molecule has 1 fully saturated rings. The van der Waals surface area contributed by atoms with E-state index >= 15 is 0 Å². The number of fused-ring (bicyclic) bond motifs is 1. The molecule has 1 unspecified atom stereocenters. The summed E-state index contributed by atoms with van der Waals surface area (Å²) < 4.78 is 34.9. The van der Waals surface area contributed by atoms with Crippen LogP contribution < -0.4 is 10.2 Å². The van der Waals surface area contributed by atoms with Crippen LogP contribution in [0, 0.1) is 0 Å². The van der Waals surface area contributed by atoms with Crippen molar-refractivity contribution >= 4 is 50.0 Å². The van der Waals surface area contributed by atoms with Gasteiger partial charge < -0.3 is 19.9 Å². The lowest BCUT2D eigenvalue weighted by molar-refractivity contribution is 0.0526. The number of morpholine rings is 1. The fourth-order valence-electron chi connectivity index (χ4n) is 4.10. The summed E-state index contributed by atoms with van der Waals surface area (Å²) >= 11 is 1.49. The highest BCUT2D eigenvalue weighted by molar-refractivity contribution is 7.89. The molecule has 5 rings (SSSR count). The number of anilines is 3. The lowest BCUT2D eigenvalue weighted by Gasteiger charge is -2.31. The van der Waals surface area contributed by atoms with Gasteiger partial charge in [0.2, 0.25) is 16.0 Å². The highest BCUT2D eigenvalue weighted by Gasteiger charge is 2.24. The lowest BCUT2D eigenvalue weighted by Crippen LogP contribution is -2.42. The normalized spacial score (nSPS) is 16.6. The molecule has 0 amide bonds. The molecular weight excluding hydrogens is 526 g/mol. The molecule has 4 heterocycles. The molecule has 38 heavy (non-hydrogen) atoms. The highest BCUT2D eigenvalue weighted by Crippen LogP contribution is 2.28. The van der Waals surface area contributed by atoms with E-state index in [1.807, 2.05) is 35.9 Å². The fraction of sp³-hybridized carbons (Fsp3) is 0.417. The molecule has 0 saturated carbocycles. The van der Waals surface area contributed by atoms with Gasteiger partial charge in [-0.2, -0.15) is 14.3 Å². The second-order valence-electron chi connectivity index (χ2n) is 9.41. The Morgan fingerprint density at radius 2 is 1.92 bits per heavy atom. The number of sulfonamides is 1. The monoisotopic (exact) mass is 557 g/mol. The van der Waals surface area contributed by atoms with Crippen molar-refractivity contribution in [2.45, 2.75) is 17.9 Å². The Morgan fingerprint density at radius 3 is 2.61 bits per heavy atom. The molecule has 1 atom stereocenters. The van der Waals surface area contributed by atoms with E-state index in [-0.39, 0.29) is 11.0 Å². The molecule has 12 nitrogen and oxygen atoms in total. The maximum absolute atomic E-state index is 13.0. The number of benzene rings is 1. The summed E-state index contributed by atoms with van der Waals surface area (Å²) in [6, 6.07) is 6.66. The van der Waals surface area contributed by atoms with Crippen LogP contribution in [0.1, 0.15) is 6.92 Å². The first kappa shape index (κ1) is 26.4. The van der Waals surface area contributed by atoms with E-state index in [4.69, 9.17) is 14.7 Å². The van der Waals surface area contributed by atoms with Crippen molar-refractivity contribution in [2.24, 2.45) is 0 Å². The Bertz CT molecular complexity index is 1490. The second-order valence-corrected chi connectivity index (χ2v) is 12.2. The van der Waals surface area contributed by atoms with Crippen LogP contribution in [0.3, 0.4) is 0 Å². The second kappa shape index (κ2) is 10.9. The number of thiazole rings is 1. The number of aromatic nitrogens is 5. The summed E-state index contributed by atoms with van der Waals surface area (Å²) in [7, 11) is 1.82. The molecule has 1 N–H and O–H groups in total. The first-order valence-electron chi connectivity index (χ1n) is 12.2. The smallest absolute Gasteiger partial charge is 0.242 e. The van der Waals surface area contributed by atoms with E-state index < -0.39 is 10.0 Å². The number of hydrogen-bond donors (Lipinski definition) is 1. The van der Waals surface area contributed by atoms with Crippen LogP contribution >= 0.6 is 11.3 Å². The number of rotatable bonds is 9. The molecule has 1 aromatic carbocycles. The molecular formula is C24H31N9O3S2. The molecule has 3 aromatic heterocycles. The van der Waals surface area contributed by atoms with Crippen LogP contribution in [0.2, 0.25) is 0 Å². The zero-order valence-electron chi connectivity index (χ0n) is 21.8. The van der Waals surface area contributed by atoms with Crippen molar-refractivity contribution in [3.8, 4) is 5.82 Å². The molecule has 14 heteroatoms. The number of imidazole rings is 1. The van der Waals surface area contributed by atoms with E-state index in [1.165, 1.54) is 15.6 Å². The first-order chi connectivity index (χ1) is 18.2. The number of ether oxygens (including phenoxy) is 1. The predicted molar refractivity (Wildman–Crippen MR) is 148 cm³/mol. The predicted octanol–water partition coefficient (Wildman–Crippen LogP) is 2.42. The van der Waals surface area contributed by atoms with Gasteiger partial charge in [0, 0.05) is 44.3 Å². The van der Waals surface area contributed by atoms with E-state index in [9.17, 15) is 8.42 Å². The molecule has 4 aromatic rings. The number of likely N-dealkylation sites (N-methyl/N-ethyl adjacent to an activating group) is 2. The summed E-state index contributed by atoms with van der Waals surface area (Å²) in [5, 5.41) is 5.26. The van der Waals surface area contributed by atoms with E-state index in [0.29, 0.717) is 61.4 Å². The lowest BCUT2D eigenvalue weighted by atomic mass is 10.3. The van der Waals surface area contributed by atoms with Crippen LogP contribution in [0.5, 0.6) is 0 Å². The van der Waals surface area contributed by atoms with Crippen LogP contribution in [-0.2, 0) is 14.8 Å². The van der Waals surface area contributed by atoms with Gasteiger partial charge in [-0.05, 0) is 45.3 Å². The number of nitrogens with zero attached hydrogens (tertiary/aromatic N) is 8. The van der Waals surface area contributed by atoms with E-state index in [1.54, 1.807) is 43.2 Å². The third-order valence-electron chi connectivity index (χ3n) is 6.26. The van der Waals surface area contributed by atoms with Gasteiger partial charge in [-0.15, -0.1) is 11.3 Å². The molecule has 0 spiro atoms. The average Bonchev–Trinajstić information content (AvgIpc) is 3.57. The van der Waals surface area contributed by atoms with Crippen molar-refractivity contribution in [1.29, 1.82) is 0 Å². The largest absolute Gasteiger partial charge is 0.375 e. The Hall–Kier alpha value is -3.17. The summed E-state index contributed by atoms with van der Waals surface area (Å²) in [6.07, 6.45) is 1.75. The van der Waals surface area contributed by atoms with Gasteiger partial charge in [-0.3, -0.25) is 4.57 Å². The Labute approximate surface area is 226 Å². The van der Waals surface area contributed by atoms with Crippen molar-refractivity contribution in [3.05, 3.63) is 41.5 Å². The minimum atomic E-state index is -3.59. The third-order valence-corrected chi connectivity index (χ3v) is 8.71. The quantitative estimate of drug-likeness (QED) is 0.328. The molecule has 0 aliphatic carbocycles. The van der Waals surface area contributed by atoms with Gasteiger partial charge in [0.25, 0.3) is 0 Å². The Morgan fingerprint density at radius 1 is 1.13 bits per heavy atom. The zero-order valence-corrected chi connectivity index (χ0v) is 23.4. The topological polar surface area (TPSA) is 122 Å². The maximum atomic E-state index is 13.0. The molecule has 1 aliphatic heterocycles. The van der Waals surface area contributed by atoms with Gasteiger partial charge in [0.05, 0.1) is 23.1 Å². The summed E-state index contributed by atoms with van der Waals surface area (Å²) in [4.78, 5) is 22.9. The van der Waals surface area contributed by atoms with Gasteiger partial charge in [0.1, 0.15) is 6.33 Å². The average molecular weight is 558 g/mol. The molecule has 0 radical (unpaired) electrons. The van der Waals surface area contributed by atoms with Crippen molar-refractivity contribution in [1.82, 2.24) is 33.7 Å². The summed E-state index contributed by atoms with van der Waals surface area (Å²) in [6.45, 7) is 5.00. The summed E-state index contributed by atoms with van der Waals surface area (Å²) in [5.74, 6) is 1.82. The van der Waals surface area contributed by atoms with Crippen LogP contribution in [-0.4, -0.2) is 102 Å². The Balaban J connectivity index is 1.46. The number of nitrogens with one attached hydrogen (secondary N) is 1. The SMILES string of the molecule is CC1CN(c2nc(Nc3ccc(S(=O)(=O)N(C)CCN(C)C)cc3)c3ncn(-c4cscn4)c3n2)CCO1. The van der Waals surface area contributed by atoms with Crippen LogP contribution in [0.25, 0.3) is 17.0 Å². The molecule has 1 aliphatic rings. The van der Waals surface area contributed by atoms with Crippen LogP contribution in [0.15, 0.2) is 46.4 Å². The van der Waals surface area contributed by atoms with Crippen molar-refractivity contribution < 1.29 is 13.2 Å². The van der Waals surface area contributed by atoms with Crippen molar-refractivity contribution in [2.75, 3.05) is 64.1 Å². The van der Waals surface area contributed by atoms with Gasteiger partial charge in [0.15, 0.2) is 22.8 Å². The minimum Gasteiger partial charge on any atom is -0.375 e. The molecule has 202 valence electrons. The number of hydrogen-bond acceptors (Lipinski definition) is 11. The van der Waals surface area contributed by atoms with E-state index in [0.717, 1.165) is 5.82 Å². The third kappa shape index (κ3) is 5.49. The molecule has 1 saturated heterocycles. The fourth-order valence-corrected chi connectivity index (χ4v) is 5.79. The maximum Gasteiger partial charge on any atom is 0.242 e. The van der Waals surface area contributed by atoms with Gasteiger partial charge in [-0.1, -0.05) is 0 Å². The van der Waals surface area contributed by atoms with E-state index in [2.05, 4.69) is 20.2 Å². The zero-order chi connectivity index (χ0) is 26.9. The highest BCUT2D eigenvalue weighted by atomic mass is 32.2. The Kier molecular flexibility index (Phi) is 7.59. The van der Waals surface area contributed by atoms with Gasteiger partial charge in [-0.25, -0.2) is 18.4 Å². The van der Waals surface area contributed by atoms with Gasteiger partial charge >= 0.3 is 0 Å². The first-order valence-corrected chi connectivity index (χ1v) is 14.6. The molecule has 0 bridgehead atoms. The van der Waals surface area contributed by atoms with Crippen molar-refractivity contribution in [3.63, 3.8) is 0 Å². The van der Waals surface area contributed by atoms with Crippen LogP contribution in [0.4, 0.5) is 17.5 Å².